The molecule has 0 aromatic carbocycles. The maximum absolute atomic E-state index is 3.30. The summed E-state index contributed by atoms with van der Waals surface area (Å²) in [5.74, 6) is 0.785. The predicted molar refractivity (Wildman–Crippen MR) is 39.2 cm³/mol. The van der Waals surface area contributed by atoms with E-state index in [2.05, 4.69) is 17.6 Å². The number of rotatable bonds is 2. The van der Waals surface area contributed by atoms with Gasteiger partial charge in [-0.1, -0.05) is 6.92 Å². The summed E-state index contributed by atoms with van der Waals surface area (Å²) < 4.78 is 0. The molecule has 2 nitrogen and oxygen atoms in total. The van der Waals surface area contributed by atoms with Gasteiger partial charge in [0.15, 0.2) is 0 Å². The number of hydrogen-bond acceptors (Lipinski definition) is 2. The van der Waals surface area contributed by atoms with Crippen molar-refractivity contribution in [1.29, 1.82) is 0 Å². The second kappa shape index (κ2) is 2.27. The van der Waals surface area contributed by atoms with Crippen LogP contribution in [0.4, 0.5) is 0 Å². The van der Waals surface area contributed by atoms with Crippen LogP contribution in [0.5, 0.6) is 0 Å². The molecule has 0 amide bonds. The molecule has 1 fully saturated rings. The molecule has 0 aromatic rings. The number of nitrogens with one attached hydrogen (secondary N) is 2. The van der Waals surface area contributed by atoms with E-state index in [1.54, 1.807) is 0 Å². The molecule has 0 aliphatic heterocycles. The molecule has 9 heavy (non-hydrogen) atoms. The van der Waals surface area contributed by atoms with Crippen molar-refractivity contribution in [3.63, 3.8) is 0 Å². The smallest absolute Gasteiger partial charge is 0.0708 e. The van der Waals surface area contributed by atoms with E-state index < -0.39 is 0 Å². The van der Waals surface area contributed by atoms with E-state index in [-0.39, 0.29) is 5.66 Å². The second-order valence-electron chi connectivity index (χ2n) is 2.91. The van der Waals surface area contributed by atoms with Crippen LogP contribution in [0.15, 0.2) is 0 Å². The zero-order valence-corrected chi connectivity index (χ0v) is 6.49. The molecule has 0 saturated heterocycles. The van der Waals surface area contributed by atoms with Crippen molar-refractivity contribution < 1.29 is 0 Å². The summed E-state index contributed by atoms with van der Waals surface area (Å²) in [6.07, 6.45) is 2.61. The van der Waals surface area contributed by atoms with Gasteiger partial charge in [0, 0.05) is 0 Å². The van der Waals surface area contributed by atoms with E-state index in [1.807, 2.05) is 14.1 Å². The normalized spacial score (nSPS) is 31.7. The van der Waals surface area contributed by atoms with Crippen LogP contribution in [0.1, 0.15) is 19.8 Å². The molecule has 1 rings (SSSR count). The molecule has 2 heteroatoms. The van der Waals surface area contributed by atoms with Crippen LogP contribution in [-0.2, 0) is 0 Å². The number of hydrogen-bond donors (Lipinski definition) is 2. The molecule has 0 spiro atoms. The van der Waals surface area contributed by atoms with E-state index in [0.29, 0.717) is 0 Å². The van der Waals surface area contributed by atoms with Gasteiger partial charge in [0.25, 0.3) is 0 Å². The Morgan fingerprint density at radius 2 is 1.89 bits per heavy atom. The monoisotopic (exact) mass is 128 g/mol. The lowest BCUT2D eigenvalue weighted by Crippen LogP contribution is -2.64. The van der Waals surface area contributed by atoms with Crippen LogP contribution < -0.4 is 10.6 Å². The predicted octanol–water partition coefficient (Wildman–Crippen LogP) is 0.551. The van der Waals surface area contributed by atoms with Crippen LogP contribution in [0.25, 0.3) is 0 Å². The Bertz CT molecular complexity index is 91.6. The lowest BCUT2D eigenvalue weighted by Gasteiger charge is -2.48. The third kappa shape index (κ3) is 0.864. The van der Waals surface area contributed by atoms with Crippen LogP contribution >= 0.6 is 0 Å². The van der Waals surface area contributed by atoms with E-state index in [1.165, 1.54) is 12.8 Å². The molecular formula is C7H16N2. The van der Waals surface area contributed by atoms with E-state index in [9.17, 15) is 0 Å². The molecule has 0 heterocycles. The highest BCUT2D eigenvalue weighted by Gasteiger charge is 2.40. The van der Waals surface area contributed by atoms with E-state index in [4.69, 9.17) is 0 Å². The highest BCUT2D eigenvalue weighted by Crippen LogP contribution is 2.34. The first-order chi connectivity index (χ1) is 4.25. The molecule has 0 aromatic heterocycles. The maximum atomic E-state index is 3.30. The van der Waals surface area contributed by atoms with Crippen LogP contribution in [-0.4, -0.2) is 19.8 Å². The van der Waals surface area contributed by atoms with Gasteiger partial charge in [-0.2, -0.15) is 0 Å². The van der Waals surface area contributed by atoms with E-state index in [0.717, 1.165) is 5.92 Å². The first-order valence-electron chi connectivity index (χ1n) is 3.63. The Hall–Kier alpha value is -0.0800. The Labute approximate surface area is 57.0 Å². The largest absolute Gasteiger partial charge is 0.302 e. The van der Waals surface area contributed by atoms with Crippen molar-refractivity contribution in [3.05, 3.63) is 0 Å². The average molecular weight is 128 g/mol. The zero-order valence-electron chi connectivity index (χ0n) is 6.49. The Morgan fingerprint density at radius 3 is 1.89 bits per heavy atom. The highest BCUT2D eigenvalue weighted by molar-refractivity contribution is 4.96. The Balaban J connectivity index is 2.48. The van der Waals surface area contributed by atoms with Gasteiger partial charge in [-0.05, 0) is 32.9 Å². The third-order valence-corrected chi connectivity index (χ3v) is 2.71. The van der Waals surface area contributed by atoms with E-state index >= 15 is 0 Å². The van der Waals surface area contributed by atoms with Crippen molar-refractivity contribution in [1.82, 2.24) is 10.6 Å². The summed E-state index contributed by atoms with van der Waals surface area (Å²) in [5.41, 5.74) is 0.264. The topological polar surface area (TPSA) is 24.1 Å². The summed E-state index contributed by atoms with van der Waals surface area (Å²) in [6, 6.07) is 0. The van der Waals surface area contributed by atoms with Crippen LogP contribution in [0, 0.1) is 5.92 Å². The van der Waals surface area contributed by atoms with Gasteiger partial charge in [0.1, 0.15) is 0 Å². The van der Waals surface area contributed by atoms with Gasteiger partial charge < -0.3 is 10.6 Å². The summed E-state index contributed by atoms with van der Waals surface area (Å²) >= 11 is 0. The second-order valence-corrected chi connectivity index (χ2v) is 2.91. The molecular weight excluding hydrogens is 112 g/mol. The minimum Gasteiger partial charge on any atom is -0.302 e. The maximum Gasteiger partial charge on any atom is 0.0708 e. The zero-order chi connectivity index (χ0) is 6.91. The minimum atomic E-state index is 0.264. The molecule has 54 valence electrons. The molecule has 0 radical (unpaired) electrons. The van der Waals surface area contributed by atoms with Crippen molar-refractivity contribution in [2.45, 2.75) is 25.4 Å². The van der Waals surface area contributed by atoms with Gasteiger partial charge in [-0.3, -0.25) is 0 Å². The highest BCUT2D eigenvalue weighted by atomic mass is 15.2. The summed E-state index contributed by atoms with van der Waals surface area (Å²) in [6.45, 7) is 2.27. The summed E-state index contributed by atoms with van der Waals surface area (Å²) in [7, 11) is 4.04. The van der Waals surface area contributed by atoms with Crippen LogP contribution in [0.3, 0.4) is 0 Å². The van der Waals surface area contributed by atoms with Crippen molar-refractivity contribution in [2.75, 3.05) is 14.1 Å². The van der Waals surface area contributed by atoms with Gasteiger partial charge >= 0.3 is 0 Å². The fraction of sp³-hybridized carbons (Fsp3) is 1.00. The Kier molecular flexibility index (Phi) is 1.78. The molecule has 0 bridgehead atoms. The summed E-state index contributed by atoms with van der Waals surface area (Å²) in [4.78, 5) is 0. The lowest BCUT2D eigenvalue weighted by atomic mass is 9.74. The fourth-order valence-electron chi connectivity index (χ4n) is 1.59. The van der Waals surface area contributed by atoms with Gasteiger partial charge in [0.05, 0.1) is 5.66 Å². The van der Waals surface area contributed by atoms with Crippen molar-refractivity contribution in [2.24, 2.45) is 5.92 Å². The van der Waals surface area contributed by atoms with Crippen molar-refractivity contribution in [3.8, 4) is 0 Å². The first kappa shape index (κ1) is 7.03. The molecule has 2 N–H and O–H groups in total. The van der Waals surface area contributed by atoms with Gasteiger partial charge in [-0.25, -0.2) is 0 Å². The molecule has 1 aliphatic rings. The van der Waals surface area contributed by atoms with Crippen molar-refractivity contribution >= 4 is 0 Å². The molecule has 1 unspecified atom stereocenters. The standard InChI is InChI=1S/C7H16N2/c1-6-4-5-7(6,8-2)9-3/h6,8-9H,4-5H2,1-3H3. The minimum absolute atomic E-state index is 0.264. The first-order valence-corrected chi connectivity index (χ1v) is 3.63. The van der Waals surface area contributed by atoms with Gasteiger partial charge in [-0.15, -0.1) is 0 Å². The van der Waals surface area contributed by atoms with Crippen LogP contribution in [0.2, 0.25) is 0 Å². The fourth-order valence-corrected chi connectivity index (χ4v) is 1.59. The summed E-state index contributed by atoms with van der Waals surface area (Å²) in [5, 5.41) is 6.61. The lowest BCUT2D eigenvalue weighted by molar-refractivity contribution is 0.0765. The molecule has 1 atom stereocenters. The molecule has 1 aliphatic carbocycles. The molecule has 1 saturated carbocycles. The quantitative estimate of drug-likeness (QED) is 0.531. The third-order valence-electron chi connectivity index (χ3n) is 2.71. The average Bonchev–Trinajstić information content (AvgIpc) is 1.89. The van der Waals surface area contributed by atoms with Gasteiger partial charge in [0.2, 0.25) is 0 Å². The SMILES string of the molecule is CNC1(NC)CCC1C. The Morgan fingerprint density at radius 1 is 1.33 bits per heavy atom.